The van der Waals surface area contributed by atoms with E-state index in [1.807, 2.05) is 0 Å². The van der Waals surface area contributed by atoms with Gasteiger partial charge in [-0.2, -0.15) is 0 Å². The minimum absolute atomic E-state index is 0.231. The summed E-state index contributed by atoms with van der Waals surface area (Å²) in [7, 11) is -3.13. The van der Waals surface area contributed by atoms with Crippen molar-refractivity contribution in [1.82, 2.24) is 5.32 Å². The Balaban J connectivity index is 2.35. The second-order valence-electron chi connectivity index (χ2n) is 5.12. The second-order valence-corrected chi connectivity index (χ2v) is 8.15. The Morgan fingerprint density at radius 2 is 1.85 bits per heavy atom. The minimum Gasteiger partial charge on any atom is -0.314 e. The maximum absolute atomic E-state index is 12.1. The van der Waals surface area contributed by atoms with E-state index in [1.165, 1.54) is 0 Å². The van der Waals surface area contributed by atoms with E-state index >= 15 is 0 Å². The first-order valence-electron chi connectivity index (χ1n) is 7.17. The third-order valence-corrected chi connectivity index (χ3v) is 5.56. The molecule has 3 nitrogen and oxygen atoms in total. The molecule has 0 aliphatic heterocycles. The van der Waals surface area contributed by atoms with Gasteiger partial charge in [0.2, 0.25) is 0 Å². The van der Waals surface area contributed by atoms with Crippen molar-refractivity contribution >= 4 is 25.8 Å². The van der Waals surface area contributed by atoms with Gasteiger partial charge in [0.25, 0.3) is 0 Å². The van der Waals surface area contributed by atoms with Crippen LogP contribution in [0.4, 0.5) is 0 Å². The van der Waals surface area contributed by atoms with Crippen molar-refractivity contribution in [3.63, 3.8) is 0 Å². The predicted octanol–water partition coefficient (Wildman–Crippen LogP) is 3.78. The molecule has 1 unspecified atom stereocenters. The second kappa shape index (κ2) is 8.80. The number of unbranched alkanes of at least 4 members (excludes halogenated alkanes) is 1. The molecule has 1 aromatic rings. The van der Waals surface area contributed by atoms with Gasteiger partial charge in [-0.3, -0.25) is 0 Å². The molecule has 0 aliphatic rings. The van der Waals surface area contributed by atoms with Crippen LogP contribution in [0.3, 0.4) is 0 Å². The van der Waals surface area contributed by atoms with Gasteiger partial charge >= 0.3 is 0 Å². The highest BCUT2D eigenvalue weighted by atomic mass is 79.9. The first-order valence-corrected chi connectivity index (χ1v) is 9.62. The topological polar surface area (TPSA) is 46.2 Å². The number of halogens is 1. The predicted molar refractivity (Wildman–Crippen MR) is 87.8 cm³/mol. The molecule has 0 fully saturated rings. The molecule has 0 heterocycles. The molecule has 1 aromatic carbocycles. The summed E-state index contributed by atoms with van der Waals surface area (Å²) >= 11 is 3.31. The summed E-state index contributed by atoms with van der Waals surface area (Å²) in [6, 6.07) is 7.31. The molecule has 5 heteroatoms. The molecule has 0 saturated heterocycles. The largest absolute Gasteiger partial charge is 0.314 e. The highest BCUT2D eigenvalue weighted by Crippen LogP contribution is 2.17. The van der Waals surface area contributed by atoms with Crippen LogP contribution < -0.4 is 5.32 Å². The lowest BCUT2D eigenvalue weighted by Gasteiger charge is -2.12. The Hall–Kier alpha value is -0.390. The Morgan fingerprint density at radius 3 is 2.45 bits per heavy atom. The van der Waals surface area contributed by atoms with Crippen LogP contribution in [0.2, 0.25) is 0 Å². The normalized spacial score (nSPS) is 13.3. The fourth-order valence-corrected chi connectivity index (χ4v) is 3.63. The van der Waals surface area contributed by atoms with Crippen LogP contribution in [0.25, 0.3) is 0 Å². The monoisotopic (exact) mass is 361 g/mol. The molecule has 1 N–H and O–H groups in total. The fraction of sp³-hybridized carbons (Fsp3) is 0.600. The molecule has 0 bridgehead atoms. The van der Waals surface area contributed by atoms with Crippen molar-refractivity contribution in [2.45, 2.75) is 50.5 Å². The van der Waals surface area contributed by atoms with Crippen LogP contribution in [0.1, 0.15) is 39.5 Å². The molecule has 0 saturated carbocycles. The number of sulfone groups is 1. The highest BCUT2D eigenvalue weighted by molar-refractivity contribution is 9.10. The molecule has 20 heavy (non-hydrogen) atoms. The molecular weight excluding hydrogens is 338 g/mol. The lowest BCUT2D eigenvalue weighted by molar-refractivity contribution is 0.494. The summed E-state index contributed by atoms with van der Waals surface area (Å²) in [6.07, 6.45) is 3.81. The van der Waals surface area contributed by atoms with Gasteiger partial charge in [0.1, 0.15) is 0 Å². The van der Waals surface area contributed by atoms with Gasteiger partial charge in [-0.1, -0.05) is 29.3 Å². The Morgan fingerprint density at radius 1 is 1.20 bits per heavy atom. The lowest BCUT2D eigenvalue weighted by Crippen LogP contribution is -2.26. The van der Waals surface area contributed by atoms with Gasteiger partial charge in [-0.25, -0.2) is 8.42 Å². The number of hydrogen-bond donors (Lipinski definition) is 1. The van der Waals surface area contributed by atoms with E-state index < -0.39 is 9.84 Å². The highest BCUT2D eigenvalue weighted by Gasteiger charge is 2.13. The fourth-order valence-electron chi connectivity index (χ4n) is 2.00. The molecule has 0 radical (unpaired) electrons. The minimum atomic E-state index is -3.13. The number of benzene rings is 1. The van der Waals surface area contributed by atoms with Crippen LogP contribution in [0.5, 0.6) is 0 Å². The molecular formula is C15H24BrNO2S. The van der Waals surface area contributed by atoms with Crippen molar-refractivity contribution in [3.05, 3.63) is 28.7 Å². The van der Waals surface area contributed by atoms with Crippen LogP contribution in [0, 0.1) is 0 Å². The van der Waals surface area contributed by atoms with Gasteiger partial charge < -0.3 is 5.32 Å². The van der Waals surface area contributed by atoms with Crippen LogP contribution in [-0.2, 0) is 9.84 Å². The van der Waals surface area contributed by atoms with Crippen molar-refractivity contribution < 1.29 is 8.42 Å². The summed E-state index contributed by atoms with van der Waals surface area (Å²) in [5.41, 5.74) is 0. The van der Waals surface area contributed by atoms with E-state index in [4.69, 9.17) is 0 Å². The van der Waals surface area contributed by atoms with Crippen LogP contribution in [-0.4, -0.2) is 26.8 Å². The third kappa shape index (κ3) is 6.37. The van der Waals surface area contributed by atoms with E-state index in [9.17, 15) is 8.42 Å². The molecule has 0 spiro atoms. The average molecular weight is 362 g/mol. The zero-order chi connectivity index (χ0) is 15.0. The summed E-state index contributed by atoms with van der Waals surface area (Å²) in [5, 5.41) is 3.41. The summed E-state index contributed by atoms with van der Waals surface area (Å²) in [5.74, 6) is 0.231. The van der Waals surface area contributed by atoms with Crippen molar-refractivity contribution in [2.24, 2.45) is 0 Å². The number of rotatable bonds is 9. The first-order chi connectivity index (χ1) is 9.45. The summed E-state index contributed by atoms with van der Waals surface area (Å²) in [4.78, 5) is 0.415. The number of nitrogens with one attached hydrogen (secondary N) is 1. The molecule has 1 rings (SSSR count). The quantitative estimate of drug-likeness (QED) is 0.680. The van der Waals surface area contributed by atoms with Crippen molar-refractivity contribution in [2.75, 3.05) is 12.3 Å². The van der Waals surface area contributed by atoms with Gasteiger partial charge in [0.15, 0.2) is 9.84 Å². The maximum atomic E-state index is 12.1. The smallest absolute Gasteiger partial charge is 0.178 e. The van der Waals surface area contributed by atoms with Crippen LogP contribution in [0.15, 0.2) is 33.6 Å². The Bertz CT molecular complexity index is 485. The summed E-state index contributed by atoms with van der Waals surface area (Å²) < 4.78 is 25.2. The van der Waals surface area contributed by atoms with Gasteiger partial charge in [-0.05, 0) is 57.0 Å². The van der Waals surface area contributed by atoms with Gasteiger partial charge in [0, 0.05) is 10.5 Å². The molecule has 0 aromatic heterocycles. The van der Waals surface area contributed by atoms with Gasteiger partial charge in [-0.15, -0.1) is 0 Å². The molecule has 114 valence electrons. The SMILES string of the molecule is CCCNC(C)CCCCS(=O)(=O)c1ccc(Br)cc1. The van der Waals surface area contributed by atoms with Crippen molar-refractivity contribution in [3.8, 4) is 0 Å². The van der Waals surface area contributed by atoms with Crippen molar-refractivity contribution in [1.29, 1.82) is 0 Å². The van der Waals surface area contributed by atoms with E-state index in [1.54, 1.807) is 24.3 Å². The van der Waals surface area contributed by atoms with E-state index in [2.05, 4.69) is 35.1 Å². The molecule has 0 amide bonds. The third-order valence-electron chi connectivity index (χ3n) is 3.22. The first kappa shape index (κ1) is 17.7. The average Bonchev–Trinajstić information content (AvgIpc) is 2.42. The van der Waals surface area contributed by atoms with E-state index in [0.29, 0.717) is 10.9 Å². The molecule has 1 atom stereocenters. The van der Waals surface area contributed by atoms with Gasteiger partial charge in [0.05, 0.1) is 10.6 Å². The summed E-state index contributed by atoms with van der Waals surface area (Å²) in [6.45, 7) is 5.32. The van der Waals surface area contributed by atoms with E-state index in [-0.39, 0.29) is 5.75 Å². The standard InChI is InChI=1S/C15H24BrNO2S/c1-3-11-17-13(2)6-4-5-12-20(18,19)15-9-7-14(16)8-10-15/h7-10,13,17H,3-6,11-12H2,1-2H3. The number of hydrogen-bond acceptors (Lipinski definition) is 3. The Labute approximate surface area is 131 Å². The maximum Gasteiger partial charge on any atom is 0.178 e. The van der Waals surface area contributed by atoms with Crippen LogP contribution >= 0.6 is 15.9 Å². The Kier molecular flexibility index (Phi) is 7.77. The lowest BCUT2D eigenvalue weighted by atomic mass is 10.1. The molecule has 0 aliphatic carbocycles. The zero-order valence-corrected chi connectivity index (χ0v) is 14.6. The zero-order valence-electron chi connectivity index (χ0n) is 12.2. The van der Waals surface area contributed by atoms with E-state index in [0.717, 1.165) is 36.7 Å².